The lowest BCUT2D eigenvalue weighted by molar-refractivity contribution is 0.102. The van der Waals surface area contributed by atoms with Crippen LogP contribution in [0.15, 0.2) is 29.2 Å². The van der Waals surface area contributed by atoms with Crippen LogP contribution in [0.4, 0.5) is 5.13 Å². The molecule has 1 amide bonds. The van der Waals surface area contributed by atoms with Gasteiger partial charge in [-0.05, 0) is 37.5 Å². The Balaban J connectivity index is 1.69. The van der Waals surface area contributed by atoms with Crippen LogP contribution in [0.25, 0.3) is 0 Å². The van der Waals surface area contributed by atoms with Gasteiger partial charge >= 0.3 is 0 Å². The first-order valence-electron chi connectivity index (χ1n) is 10.2. The predicted molar refractivity (Wildman–Crippen MR) is 115 cm³/mol. The molecule has 1 saturated heterocycles. The zero-order valence-electron chi connectivity index (χ0n) is 16.8. The van der Waals surface area contributed by atoms with Crippen LogP contribution < -0.4 is 5.32 Å². The summed E-state index contributed by atoms with van der Waals surface area (Å²) in [5.74, 6) is -0.380. The van der Waals surface area contributed by atoms with Crippen LogP contribution in [0.3, 0.4) is 0 Å². The summed E-state index contributed by atoms with van der Waals surface area (Å²) in [4.78, 5) is 12.8. The highest BCUT2D eigenvalue weighted by molar-refractivity contribution is 7.89. The van der Waals surface area contributed by atoms with E-state index < -0.39 is 10.0 Å². The third kappa shape index (κ3) is 5.83. The SMILES string of the molecule is CCCCCc1nnc(NC(=O)c2cccc(S(=O)(=O)N3CCCCCC3)c2)s1. The normalized spacial score (nSPS) is 15.8. The van der Waals surface area contributed by atoms with Crippen LogP contribution in [0, 0.1) is 0 Å². The van der Waals surface area contributed by atoms with Crippen molar-refractivity contribution in [2.24, 2.45) is 0 Å². The molecule has 7 nitrogen and oxygen atoms in total. The van der Waals surface area contributed by atoms with Crippen LogP contribution in [-0.4, -0.2) is 41.9 Å². The van der Waals surface area contributed by atoms with E-state index in [1.54, 1.807) is 18.2 Å². The van der Waals surface area contributed by atoms with E-state index in [0.717, 1.165) is 56.4 Å². The number of amides is 1. The Morgan fingerprint density at radius 1 is 1.14 bits per heavy atom. The van der Waals surface area contributed by atoms with Gasteiger partial charge in [0.1, 0.15) is 5.01 Å². The lowest BCUT2D eigenvalue weighted by Gasteiger charge is -2.20. The number of benzene rings is 1. The van der Waals surface area contributed by atoms with Gasteiger partial charge in [0.05, 0.1) is 4.90 Å². The second kappa shape index (κ2) is 10.3. The maximum absolute atomic E-state index is 13.0. The van der Waals surface area contributed by atoms with E-state index in [1.807, 2.05) is 0 Å². The summed E-state index contributed by atoms with van der Waals surface area (Å²) < 4.78 is 27.5. The summed E-state index contributed by atoms with van der Waals surface area (Å²) in [5.41, 5.74) is 0.295. The predicted octanol–water partition coefficient (Wildman–Crippen LogP) is 4.09. The summed E-state index contributed by atoms with van der Waals surface area (Å²) in [7, 11) is -3.60. The minimum Gasteiger partial charge on any atom is -0.296 e. The molecule has 1 aliphatic rings. The fraction of sp³-hybridized carbons (Fsp3) is 0.550. The first-order chi connectivity index (χ1) is 14.0. The molecule has 1 aromatic heterocycles. The maximum atomic E-state index is 13.0. The van der Waals surface area contributed by atoms with Crippen molar-refractivity contribution in [1.82, 2.24) is 14.5 Å². The molecule has 158 valence electrons. The fourth-order valence-electron chi connectivity index (χ4n) is 3.33. The minimum absolute atomic E-state index is 0.157. The molecule has 2 aromatic rings. The average molecular weight is 437 g/mol. The number of hydrogen-bond donors (Lipinski definition) is 1. The lowest BCUT2D eigenvalue weighted by Crippen LogP contribution is -2.32. The first-order valence-corrected chi connectivity index (χ1v) is 12.5. The Kier molecular flexibility index (Phi) is 7.74. The smallest absolute Gasteiger partial charge is 0.257 e. The topological polar surface area (TPSA) is 92.3 Å². The second-order valence-electron chi connectivity index (χ2n) is 7.26. The highest BCUT2D eigenvalue weighted by atomic mass is 32.2. The number of nitrogens with one attached hydrogen (secondary N) is 1. The molecule has 0 aliphatic carbocycles. The fourth-order valence-corrected chi connectivity index (χ4v) is 5.67. The van der Waals surface area contributed by atoms with E-state index in [-0.39, 0.29) is 10.8 Å². The molecule has 3 rings (SSSR count). The molecule has 1 aliphatic heterocycles. The number of nitrogens with zero attached hydrogens (tertiary/aromatic N) is 3. The molecular weight excluding hydrogens is 408 g/mol. The van der Waals surface area contributed by atoms with E-state index in [0.29, 0.717) is 23.8 Å². The standard InChI is InChI=1S/C20H28N4O3S2/c1-2-3-6-12-18-22-23-20(28-18)21-19(25)16-10-9-11-17(15-16)29(26,27)24-13-7-4-5-8-14-24/h9-11,15H,2-8,12-14H2,1H3,(H,21,23,25). The van der Waals surface area contributed by atoms with Crippen LogP contribution in [-0.2, 0) is 16.4 Å². The van der Waals surface area contributed by atoms with Crippen molar-refractivity contribution in [3.8, 4) is 0 Å². The highest BCUT2D eigenvalue weighted by Crippen LogP contribution is 2.22. The number of unbranched alkanes of at least 4 members (excludes halogenated alkanes) is 2. The van der Waals surface area contributed by atoms with Crippen molar-refractivity contribution >= 4 is 32.4 Å². The summed E-state index contributed by atoms with van der Waals surface area (Å²) in [5, 5.41) is 12.2. The van der Waals surface area contributed by atoms with Crippen molar-refractivity contribution in [1.29, 1.82) is 0 Å². The highest BCUT2D eigenvalue weighted by Gasteiger charge is 2.26. The van der Waals surface area contributed by atoms with Crippen LogP contribution in [0.2, 0.25) is 0 Å². The molecule has 29 heavy (non-hydrogen) atoms. The Morgan fingerprint density at radius 2 is 1.90 bits per heavy atom. The monoisotopic (exact) mass is 436 g/mol. The molecule has 0 atom stereocenters. The Hall–Kier alpha value is -1.84. The summed E-state index contributed by atoms with van der Waals surface area (Å²) in [6.45, 7) is 3.21. The molecular formula is C20H28N4O3S2. The summed E-state index contributed by atoms with van der Waals surface area (Å²) >= 11 is 1.36. The lowest BCUT2D eigenvalue weighted by atomic mass is 10.2. The first kappa shape index (κ1) is 21.9. The molecule has 0 saturated carbocycles. The number of aryl methyl sites for hydroxylation is 1. The van der Waals surface area contributed by atoms with Crippen LogP contribution >= 0.6 is 11.3 Å². The summed E-state index contributed by atoms with van der Waals surface area (Å²) in [6.07, 6.45) is 8.03. The van der Waals surface area contributed by atoms with Crippen molar-refractivity contribution in [3.05, 3.63) is 34.8 Å². The van der Waals surface area contributed by atoms with Gasteiger partial charge in [-0.15, -0.1) is 10.2 Å². The van der Waals surface area contributed by atoms with Gasteiger partial charge in [0, 0.05) is 25.1 Å². The molecule has 1 aromatic carbocycles. The number of anilines is 1. The number of aromatic nitrogens is 2. The summed E-state index contributed by atoms with van der Waals surface area (Å²) in [6, 6.07) is 6.21. The average Bonchev–Trinajstić information content (AvgIpc) is 2.98. The number of carbonyl (C=O) groups excluding carboxylic acids is 1. The van der Waals surface area contributed by atoms with Gasteiger partial charge in [-0.2, -0.15) is 4.31 Å². The van der Waals surface area contributed by atoms with E-state index in [9.17, 15) is 13.2 Å². The number of sulfonamides is 1. The molecule has 0 radical (unpaired) electrons. The van der Waals surface area contributed by atoms with E-state index in [2.05, 4.69) is 22.4 Å². The van der Waals surface area contributed by atoms with Crippen molar-refractivity contribution in [3.63, 3.8) is 0 Å². The molecule has 9 heteroatoms. The molecule has 0 unspecified atom stereocenters. The van der Waals surface area contributed by atoms with Gasteiger partial charge in [-0.1, -0.05) is 50.0 Å². The third-order valence-corrected chi connectivity index (χ3v) is 7.77. The van der Waals surface area contributed by atoms with Gasteiger partial charge in [0.25, 0.3) is 5.91 Å². The number of rotatable bonds is 8. The quantitative estimate of drug-likeness (QED) is 0.629. The van der Waals surface area contributed by atoms with Crippen LogP contribution in [0.1, 0.15) is 67.2 Å². The zero-order chi connectivity index (χ0) is 20.7. The van der Waals surface area contributed by atoms with E-state index in [1.165, 1.54) is 21.7 Å². The van der Waals surface area contributed by atoms with E-state index in [4.69, 9.17) is 0 Å². The Morgan fingerprint density at radius 3 is 2.62 bits per heavy atom. The number of carbonyl (C=O) groups is 1. The largest absolute Gasteiger partial charge is 0.296 e. The molecule has 2 heterocycles. The van der Waals surface area contributed by atoms with Crippen LogP contribution in [0.5, 0.6) is 0 Å². The van der Waals surface area contributed by atoms with Crippen molar-refractivity contribution in [2.75, 3.05) is 18.4 Å². The molecule has 0 spiro atoms. The third-order valence-electron chi connectivity index (χ3n) is 4.98. The van der Waals surface area contributed by atoms with Crippen molar-refractivity contribution in [2.45, 2.75) is 63.2 Å². The molecule has 1 N–H and O–H groups in total. The Labute approximate surface area is 176 Å². The second-order valence-corrected chi connectivity index (χ2v) is 10.3. The van der Waals surface area contributed by atoms with Gasteiger partial charge < -0.3 is 0 Å². The maximum Gasteiger partial charge on any atom is 0.257 e. The number of hydrogen-bond acceptors (Lipinski definition) is 6. The Bertz CT molecular complexity index is 919. The van der Waals surface area contributed by atoms with Gasteiger partial charge in [-0.3, -0.25) is 10.1 Å². The molecule has 0 bridgehead atoms. The van der Waals surface area contributed by atoms with Gasteiger partial charge in [-0.25, -0.2) is 8.42 Å². The van der Waals surface area contributed by atoms with Gasteiger partial charge in [0.2, 0.25) is 15.2 Å². The van der Waals surface area contributed by atoms with Crippen molar-refractivity contribution < 1.29 is 13.2 Å². The van der Waals surface area contributed by atoms with Gasteiger partial charge in [0.15, 0.2) is 0 Å². The molecule has 1 fully saturated rings. The zero-order valence-corrected chi connectivity index (χ0v) is 18.4. The van der Waals surface area contributed by atoms with E-state index >= 15 is 0 Å². The minimum atomic E-state index is -3.60.